The van der Waals surface area contributed by atoms with Gasteiger partial charge in [-0.3, -0.25) is 5.10 Å². The molecular formula is C12H11N5OS. The van der Waals surface area contributed by atoms with Gasteiger partial charge in [-0.25, -0.2) is 4.98 Å². The Morgan fingerprint density at radius 3 is 3.05 bits per heavy atom. The minimum atomic E-state index is 0.539. The standard InChI is InChI=1S/C12H11N5OS/c1-8-3-2-4-9(5-8)11-16-15-10(18-11)6-19-12-13-7-14-17-12/h2-5,7H,6H2,1H3,(H,13,14,17). The van der Waals surface area contributed by atoms with E-state index in [1.54, 1.807) is 0 Å². The van der Waals surface area contributed by atoms with Crippen LogP contribution in [0, 0.1) is 6.92 Å². The number of benzene rings is 1. The molecule has 2 heterocycles. The maximum Gasteiger partial charge on any atom is 0.247 e. The number of nitrogens with one attached hydrogen (secondary N) is 1. The lowest BCUT2D eigenvalue weighted by molar-refractivity contribution is 0.528. The fourth-order valence-corrected chi connectivity index (χ4v) is 2.22. The summed E-state index contributed by atoms with van der Waals surface area (Å²) in [7, 11) is 0. The van der Waals surface area contributed by atoms with Crippen molar-refractivity contribution in [2.45, 2.75) is 17.8 Å². The highest BCUT2D eigenvalue weighted by molar-refractivity contribution is 7.98. The number of aromatic nitrogens is 5. The highest BCUT2D eigenvalue weighted by atomic mass is 32.2. The molecule has 0 aliphatic rings. The Bertz CT molecular complexity index is 664. The summed E-state index contributed by atoms with van der Waals surface area (Å²) in [5.41, 5.74) is 2.09. The van der Waals surface area contributed by atoms with Gasteiger partial charge in [0.15, 0.2) is 5.16 Å². The number of nitrogens with zero attached hydrogens (tertiary/aromatic N) is 4. The zero-order chi connectivity index (χ0) is 13.1. The molecule has 3 aromatic rings. The van der Waals surface area contributed by atoms with Gasteiger partial charge in [0.05, 0.1) is 5.75 Å². The smallest absolute Gasteiger partial charge is 0.247 e. The molecule has 2 aromatic heterocycles. The van der Waals surface area contributed by atoms with Gasteiger partial charge in [-0.05, 0) is 19.1 Å². The van der Waals surface area contributed by atoms with Crippen LogP contribution in [0.3, 0.4) is 0 Å². The predicted molar refractivity (Wildman–Crippen MR) is 70.4 cm³/mol. The van der Waals surface area contributed by atoms with Gasteiger partial charge in [-0.2, -0.15) is 5.10 Å². The van der Waals surface area contributed by atoms with Crippen molar-refractivity contribution in [3.05, 3.63) is 42.0 Å². The van der Waals surface area contributed by atoms with Crippen molar-refractivity contribution in [1.29, 1.82) is 0 Å². The van der Waals surface area contributed by atoms with Crippen molar-refractivity contribution in [2.24, 2.45) is 0 Å². The highest BCUT2D eigenvalue weighted by Crippen LogP contribution is 2.22. The molecule has 0 fully saturated rings. The van der Waals surface area contributed by atoms with E-state index in [1.807, 2.05) is 31.2 Å². The molecule has 7 heteroatoms. The van der Waals surface area contributed by atoms with Crippen LogP contribution in [0.5, 0.6) is 0 Å². The summed E-state index contributed by atoms with van der Waals surface area (Å²) in [5, 5.41) is 15.3. The zero-order valence-corrected chi connectivity index (χ0v) is 11.0. The van der Waals surface area contributed by atoms with Gasteiger partial charge in [0.25, 0.3) is 0 Å². The summed E-state index contributed by atoms with van der Waals surface area (Å²) in [4.78, 5) is 4.01. The van der Waals surface area contributed by atoms with Gasteiger partial charge in [0.2, 0.25) is 11.8 Å². The summed E-state index contributed by atoms with van der Waals surface area (Å²) in [6.07, 6.45) is 1.47. The maximum atomic E-state index is 5.62. The normalized spacial score (nSPS) is 10.8. The third kappa shape index (κ3) is 2.82. The minimum Gasteiger partial charge on any atom is -0.420 e. The molecule has 0 amide bonds. The summed E-state index contributed by atoms with van der Waals surface area (Å²) < 4.78 is 5.62. The third-order valence-electron chi connectivity index (χ3n) is 2.46. The maximum absolute atomic E-state index is 5.62. The van der Waals surface area contributed by atoms with Crippen molar-refractivity contribution in [1.82, 2.24) is 25.4 Å². The molecule has 3 rings (SSSR count). The van der Waals surface area contributed by atoms with Crippen molar-refractivity contribution in [3.8, 4) is 11.5 Å². The predicted octanol–water partition coefficient (Wildman–Crippen LogP) is 2.46. The van der Waals surface area contributed by atoms with E-state index in [-0.39, 0.29) is 0 Å². The molecule has 1 N–H and O–H groups in total. The first kappa shape index (κ1) is 11.9. The number of rotatable bonds is 4. The molecule has 96 valence electrons. The highest BCUT2D eigenvalue weighted by Gasteiger charge is 2.09. The Morgan fingerprint density at radius 1 is 1.32 bits per heavy atom. The lowest BCUT2D eigenvalue weighted by atomic mass is 10.1. The fourth-order valence-electron chi connectivity index (χ4n) is 1.60. The molecule has 0 saturated carbocycles. The largest absolute Gasteiger partial charge is 0.420 e. The zero-order valence-electron chi connectivity index (χ0n) is 10.2. The van der Waals surface area contributed by atoms with E-state index in [0.29, 0.717) is 17.5 Å². The third-order valence-corrected chi connectivity index (χ3v) is 3.32. The SMILES string of the molecule is Cc1cccc(-c2nnc(CSc3ncn[nH]3)o2)c1. The van der Waals surface area contributed by atoms with Crippen LogP contribution in [0.1, 0.15) is 11.5 Å². The van der Waals surface area contributed by atoms with Crippen LogP contribution in [0.25, 0.3) is 11.5 Å². The van der Waals surface area contributed by atoms with E-state index in [4.69, 9.17) is 4.42 Å². The Kier molecular flexibility index (Phi) is 3.28. The first-order chi connectivity index (χ1) is 9.31. The van der Waals surface area contributed by atoms with Gasteiger partial charge >= 0.3 is 0 Å². The second kappa shape index (κ2) is 5.23. The molecule has 0 saturated heterocycles. The number of hydrogen-bond donors (Lipinski definition) is 1. The lowest BCUT2D eigenvalue weighted by Gasteiger charge is -1.96. The van der Waals surface area contributed by atoms with Crippen molar-refractivity contribution < 1.29 is 4.42 Å². The summed E-state index contributed by atoms with van der Waals surface area (Å²) >= 11 is 1.47. The van der Waals surface area contributed by atoms with Crippen LogP contribution in [-0.4, -0.2) is 25.4 Å². The number of aryl methyl sites for hydroxylation is 1. The first-order valence-corrected chi connectivity index (χ1v) is 6.67. The van der Waals surface area contributed by atoms with Gasteiger partial charge in [0, 0.05) is 5.56 Å². The van der Waals surface area contributed by atoms with E-state index in [9.17, 15) is 0 Å². The second-order valence-corrected chi connectivity index (χ2v) is 4.91. The van der Waals surface area contributed by atoms with E-state index in [1.165, 1.54) is 18.1 Å². The quantitative estimate of drug-likeness (QED) is 0.735. The topological polar surface area (TPSA) is 80.5 Å². The first-order valence-electron chi connectivity index (χ1n) is 5.69. The second-order valence-electron chi connectivity index (χ2n) is 3.95. The summed E-state index contributed by atoms with van der Waals surface area (Å²) in [6.45, 7) is 2.03. The summed E-state index contributed by atoms with van der Waals surface area (Å²) in [5.74, 6) is 1.67. The molecule has 6 nitrogen and oxygen atoms in total. The molecule has 0 atom stereocenters. The van der Waals surface area contributed by atoms with Gasteiger partial charge in [-0.1, -0.05) is 29.5 Å². The minimum absolute atomic E-state index is 0.539. The lowest BCUT2D eigenvalue weighted by Crippen LogP contribution is -1.81. The number of hydrogen-bond acceptors (Lipinski definition) is 6. The average Bonchev–Trinajstić information content (AvgIpc) is 3.08. The average molecular weight is 273 g/mol. The van der Waals surface area contributed by atoms with Crippen LogP contribution in [0.2, 0.25) is 0 Å². The van der Waals surface area contributed by atoms with E-state index >= 15 is 0 Å². The summed E-state index contributed by atoms with van der Waals surface area (Å²) in [6, 6.07) is 7.97. The Balaban J connectivity index is 1.72. The fraction of sp³-hybridized carbons (Fsp3) is 0.167. The number of H-pyrrole nitrogens is 1. The van der Waals surface area contributed by atoms with Crippen molar-refractivity contribution in [2.75, 3.05) is 0 Å². The van der Waals surface area contributed by atoms with Crippen LogP contribution >= 0.6 is 11.8 Å². The molecule has 0 aliphatic heterocycles. The molecule has 1 aromatic carbocycles. The van der Waals surface area contributed by atoms with Gasteiger partial charge in [0.1, 0.15) is 6.33 Å². The molecule has 19 heavy (non-hydrogen) atoms. The Morgan fingerprint density at radius 2 is 2.26 bits per heavy atom. The van der Waals surface area contributed by atoms with Gasteiger partial charge < -0.3 is 4.42 Å². The van der Waals surface area contributed by atoms with Crippen molar-refractivity contribution >= 4 is 11.8 Å². The van der Waals surface area contributed by atoms with Gasteiger partial charge in [-0.15, -0.1) is 10.2 Å². The number of thioether (sulfide) groups is 1. The molecule has 0 spiro atoms. The molecule has 0 bridgehead atoms. The molecule has 0 unspecified atom stereocenters. The molecule has 0 aliphatic carbocycles. The van der Waals surface area contributed by atoms with Crippen molar-refractivity contribution in [3.63, 3.8) is 0 Å². The van der Waals surface area contributed by atoms with Crippen LogP contribution in [0.4, 0.5) is 0 Å². The van der Waals surface area contributed by atoms with E-state index < -0.39 is 0 Å². The Hall–Kier alpha value is -2.15. The monoisotopic (exact) mass is 273 g/mol. The van der Waals surface area contributed by atoms with E-state index in [2.05, 4.69) is 25.4 Å². The molecule has 0 radical (unpaired) electrons. The molecular weight excluding hydrogens is 262 g/mol. The Labute approximate surface area is 113 Å². The van der Waals surface area contributed by atoms with E-state index in [0.717, 1.165) is 16.3 Å². The number of aromatic amines is 1. The van der Waals surface area contributed by atoms with Crippen LogP contribution < -0.4 is 0 Å². The van der Waals surface area contributed by atoms with Crippen LogP contribution in [-0.2, 0) is 5.75 Å². The van der Waals surface area contributed by atoms with Crippen LogP contribution in [0.15, 0.2) is 40.2 Å².